The molecule has 0 saturated carbocycles. The molecule has 0 unspecified atom stereocenters. The van der Waals surface area contributed by atoms with Gasteiger partial charge in [0, 0.05) is 11.6 Å². The molecular weight excluding hydrogens is 362 g/mol. The first-order chi connectivity index (χ1) is 13.6. The number of rotatable bonds is 7. The Morgan fingerprint density at radius 2 is 1.82 bits per heavy atom. The van der Waals surface area contributed by atoms with Gasteiger partial charge in [0.05, 0.1) is 25.6 Å². The number of hydrogen-bond acceptors (Lipinski definition) is 6. The summed E-state index contributed by atoms with van der Waals surface area (Å²) >= 11 is 0. The molecule has 0 aliphatic rings. The highest BCUT2D eigenvalue weighted by Crippen LogP contribution is 2.28. The van der Waals surface area contributed by atoms with Gasteiger partial charge in [0.25, 0.3) is 5.91 Å². The molecule has 0 saturated heterocycles. The topological polar surface area (TPSA) is 103 Å². The summed E-state index contributed by atoms with van der Waals surface area (Å²) in [6, 6.07) is 15.9. The van der Waals surface area contributed by atoms with Gasteiger partial charge >= 0.3 is 5.97 Å². The average Bonchev–Trinajstić information content (AvgIpc) is 3.23. The number of carbonyl (C=O) groups is 2. The third-order valence-corrected chi connectivity index (χ3v) is 3.88. The first-order valence-corrected chi connectivity index (χ1v) is 8.40. The second-order valence-electron chi connectivity index (χ2n) is 5.72. The Labute approximate surface area is 161 Å². The minimum atomic E-state index is -0.675. The number of methoxy groups -OCH3 is 2. The van der Waals surface area contributed by atoms with Gasteiger partial charge < -0.3 is 19.5 Å². The van der Waals surface area contributed by atoms with Gasteiger partial charge in [-0.3, -0.25) is 9.89 Å². The lowest BCUT2D eigenvalue weighted by atomic mass is 10.1. The Hall–Kier alpha value is -3.81. The lowest BCUT2D eigenvalue weighted by Crippen LogP contribution is -2.21. The Morgan fingerprint density at radius 1 is 1.04 bits per heavy atom. The minimum absolute atomic E-state index is 0.161. The number of H-pyrrole nitrogens is 1. The van der Waals surface area contributed by atoms with Crippen molar-refractivity contribution >= 4 is 17.6 Å². The predicted molar refractivity (Wildman–Crippen MR) is 102 cm³/mol. The van der Waals surface area contributed by atoms with Gasteiger partial charge in [0.15, 0.2) is 6.61 Å². The molecule has 28 heavy (non-hydrogen) atoms. The molecule has 0 aliphatic carbocycles. The number of carbonyl (C=O) groups excluding carboxylic acids is 2. The largest absolute Gasteiger partial charge is 0.497 e. The Morgan fingerprint density at radius 3 is 2.54 bits per heavy atom. The molecule has 8 nitrogen and oxygen atoms in total. The van der Waals surface area contributed by atoms with Crippen molar-refractivity contribution in [2.75, 3.05) is 26.1 Å². The molecule has 144 valence electrons. The number of benzene rings is 2. The van der Waals surface area contributed by atoms with Crippen molar-refractivity contribution < 1.29 is 23.8 Å². The standard InChI is InChI=1S/C20H19N3O5/c1-26-14-8-9-15(18(10-14)27-2)21-19(24)12-28-20(25)17-11-16(22-23-17)13-6-4-3-5-7-13/h3-11H,12H2,1-2H3,(H,21,24)(H,22,23). The van der Waals surface area contributed by atoms with Crippen LogP contribution in [-0.2, 0) is 9.53 Å². The number of nitrogens with zero attached hydrogens (tertiary/aromatic N) is 1. The van der Waals surface area contributed by atoms with Gasteiger partial charge in [-0.2, -0.15) is 5.10 Å². The lowest BCUT2D eigenvalue weighted by molar-refractivity contribution is -0.119. The smallest absolute Gasteiger partial charge is 0.356 e. The van der Waals surface area contributed by atoms with Crippen LogP contribution < -0.4 is 14.8 Å². The van der Waals surface area contributed by atoms with E-state index in [-0.39, 0.29) is 5.69 Å². The molecule has 3 aromatic rings. The zero-order valence-corrected chi connectivity index (χ0v) is 15.4. The van der Waals surface area contributed by atoms with Crippen LogP contribution in [0.25, 0.3) is 11.3 Å². The van der Waals surface area contributed by atoms with Gasteiger partial charge in [-0.25, -0.2) is 4.79 Å². The van der Waals surface area contributed by atoms with Crippen LogP contribution in [0.15, 0.2) is 54.6 Å². The summed E-state index contributed by atoms with van der Waals surface area (Å²) in [4.78, 5) is 24.2. The minimum Gasteiger partial charge on any atom is -0.497 e. The molecule has 8 heteroatoms. The van der Waals surface area contributed by atoms with Gasteiger partial charge in [0.2, 0.25) is 0 Å². The predicted octanol–water partition coefficient (Wildman–Crippen LogP) is 2.89. The van der Waals surface area contributed by atoms with Crippen LogP contribution in [0.2, 0.25) is 0 Å². The molecular formula is C20H19N3O5. The number of esters is 1. The van der Waals surface area contributed by atoms with Crippen LogP contribution in [0.3, 0.4) is 0 Å². The van der Waals surface area contributed by atoms with Crippen LogP contribution in [-0.4, -0.2) is 42.9 Å². The maximum absolute atomic E-state index is 12.1. The van der Waals surface area contributed by atoms with Gasteiger partial charge in [-0.1, -0.05) is 30.3 Å². The highest BCUT2D eigenvalue weighted by molar-refractivity contribution is 5.96. The summed E-state index contributed by atoms with van der Waals surface area (Å²) in [5.74, 6) is -0.152. The van der Waals surface area contributed by atoms with E-state index in [0.29, 0.717) is 22.9 Å². The summed E-state index contributed by atoms with van der Waals surface area (Å²) in [7, 11) is 3.01. The van der Waals surface area contributed by atoms with Crippen molar-refractivity contribution in [1.82, 2.24) is 10.2 Å². The highest BCUT2D eigenvalue weighted by Gasteiger charge is 2.15. The normalized spacial score (nSPS) is 10.2. The molecule has 0 spiro atoms. The van der Waals surface area contributed by atoms with Crippen molar-refractivity contribution in [3.63, 3.8) is 0 Å². The number of nitrogens with one attached hydrogen (secondary N) is 2. The molecule has 2 N–H and O–H groups in total. The first-order valence-electron chi connectivity index (χ1n) is 8.40. The van der Waals surface area contributed by atoms with E-state index in [1.165, 1.54) is 14.2 Å². The highest BCUT2D eigenvalue weighted by atomic mass is 16.5. The van der Waals surface area contributed by atoms with E-state index in [4.69, 9.17) is 14.2 Å². The molecule has 0 radical (unpaired) electrons. The van der Waals surface area contributed by atoms with Crippen LogP contribution in [0.1, 0.15) is 10.5 Å². The SMILES string of the molecule is COc1ccc(NC(=O)COC(=O)c2cc(-c3ccccc3)n[nH]2)c(OC)c1. The van der Waals surface area contributed by atoms with Crippen LogP contribution in [0.4, 0.5) is 5.69 Å². The van der Waals surface area contributed by atoms with Gasteiger partial charge in [0.1, 0.15) is 17.2 Å². The average molecular weight is 381 g/mol. The molecule has 1 aromatic heterocycles. The van der Waals surface area contributed by atoms with E-state index in [1.54, 1.807) is 24.3 Å². The first kappa shape index (κ1) is 19.0. The molecule has 1 amide bonds. The van der Waals surface area contributed by atoms with Crippen LogP contribution >= 0.6 is 0 Å². The summed E-state index contributed by atoms with van der Waals surface area (Å²) in [6.07, 6.45) is 0. The van der Waals surface area contributed by atoms with E-state index in [1.807, 2.05) is 30.3 Å². The van der Waals surface area contributed by atoms with E-state index in [2.05, 4.69) is 15.5 Å². The van der Waals surface area contributed by atoms with Crippen molar-refractivity contribution in [1.29, 1.82) is 0 Å². The Kier molecular flexibility index (Phi) is 5.91. The fourth-order valence-electron chi connectivity index (χ4n) is 2.48. The summed E-state index contributed by atoms with van der Waals surface area (Å²) < 4.78 is 15.4. The summed E-state index contributed by atoms with van der Waals surface area (Å²) in [6.45, 7) is -0.451. The van der Waals surface area contributed by atoms with E-state index in [0.717, 1.165) is 5.56 Å². The Bertz CT molecular complexity index is 969. The maximum atomic E-state index is 12.1. The van der Waals surface area contributed by atoms with Gasteiger partial charge in [-0.05, 0) is 18.2 Å². The maximum Gasteiger partial charge on any atom is 0.356 e. The number of aromatic amines is 1. The van der Waals surface area contributed by atoms with Crippen molar-refractivity contribution in [2.45, 2.75) is 0 Å². The third-order valence-electron chi connectivity index (χ3n) is 3.88. The number of hydrogen-bond donors (Lipinski definition) is 2. The van der Waals surface area contributed by atoms with Crippen LogP contribution in [0, 0.1) is 0 Å². The molecule has 3 rings (SSSR count). The van der Waals surface area contributed by atoms with Crippen molar-refractivity contribution in [3.05, 3.63) is 60.3 Å². The summed E-state index contributed by atoms with van der Waals surface area (Å²) in [5, 5.41) is 9.33. The van der Waals surface area contributed by atoms with E-state index in [9.17, 15) is 9.59 Å². The fourth-order valence-corrected chi connectivity index (χ4v) is 2.48. The number of aromatic nitrogens is 2. The zero-order valence-electron chi connectivity index (χ0n) is 15.4. The van der Waals surface area contributed by atoms with E-state index < -0.39 is 18.5 Å². The molecule has 0 fully saturated rings. The van der Waals surface area contributed by atoms with Crippen molar-refractivity contribution in [3.8, 4) is 22.8 Å². The molecule has 0 atom stereocenters. The third kappa shape index (κ3) is 4.47. The van der Waals surface area contributed by atoms with Crippen LogP contribution in [0.5, 0.6) is 11.5 Å². The molecule has 0 bridgehead atoms. The number of anilines is 1. The van der Waals surface area contributed by atoms with Gasteiger partial charge in [-0.15, -0.1) is 0 Å². The quantitative estimate of drug-likeness (QED) is 0.610. The van der Waals surface area contributed by atoms with Crippen molar-refractivity contribution in [2.24, 2.45) is 0 Å². The molecule has 2 aromatic carbocycles. The molecule has 1 heterocycles. The lowest BCUT2D eigenvalue weighted by Gasteiger charge is -2.11. The number of ether oxygens (including phenoxy) is 3. The number of amides is 1. The fraction of sp³-hybridized carbons (Fsp3) is 0.150. The second-order valence-corrected chi connectivity index (χ2v) is 5.72. The monoisotopic (exact) mass is 381 g/mol. The summed E-state index contributed by atoms with van der Waals surface area (Å²) in [5.41, 5.74) is 2.08. The zero-order chi connectivity index (χ0) is 19.9. The van der Waals surface area contributed by atoms with E-state index >= 15 is 0 Å². The molecule has 0 aliphatic heterocycles. The Balaban J connectivity index is 1.58. The second kappa shape index (κ2) is 8.72.